The Morgan fingerprint density at radius 2 is 2.04 bits per heavy atom. The van der Waals surface area contributed by atoms with Crippen molar-refractivity contribution in [2.75, 3.05) is 12.0 Å². The Hall–Kier alpha value is -1.77. The predicted molar refractivity (Wildman–Crippen MR) is 104 cm³/mol. The Bertz CT molecular complexity index is 833. The Morgan fingerprint density at radius 3 is 2.69 bits per heavy atom. The summed E-state index contributed by atoms with van der Waals surface area (Å²) in [7, 11) is -3.80. The summed E-state index contributed by atoms with van der Waals surface area (Å²) in [5.41, 5.74) is 1.49. The van der Waals surface area contributed by atoms with Crippen molar-refractivity contribution in [3.8, 4) is 0 Å². The van der Waals surface area contributed by atoms with E-state index in [4.69, 9.17) is 4.42 Å². The van der Waals surface area contributed by atoms with Crippen LogP contribution in [-0.2, 0) is 21.4 Å². The topological polar surface area (TPSA) is 88.4 Å². The molecule has 0 unspecified atom stereocenters. The Morgan fingerprint density at radius 1 is 1.27 bits per heavy atom. The van der Waals surface area contributed by atoms with E-state index in [1.54, 1.807) is 43.0 Å². The maximum Gasteiger partial charge on any atom is 0.241 e. The monoisotopic (exact) mass is 396 g/mol. The number of carbonyl (C=O) groups is 1. The van der Waals surface area contributed by atoms with Crippen LogP contribution in [0.3, 0.4) is 0 Å². The highest BCUT2D eigenvalue weighted by Gasteiger charge is 2.26. The second-order valence-electron chi connectivity index (χ2n) is 6.02. The van der Waals surface area contributed by atoms with Crippen LogP contribution in [0.2, 0.25) is 0 Å². The third-order valence-electron chi connectivity index (χ3n) is 3.87. The quantitative estimate of drug-likeness (QED) is 0.680. The van der Waals surface area contributed by atoms with E-state index in [9.17, 15) is 13.2 Å². The average Bonchev–Trinajstić information content (AvgIpc) is 3.12. The Kier molecular flexibility index (Phi) is 7.31. The van der Waals surface area contributed by atoms with Crippen molar-refractivity contribution in [1.82, 2.24) is 10.0 Å². The first-order valence-corrected chi connectivity index (χ1v) is 11.1. The number of carbonyl (C=O) groups excluding carboxylic acids is 1. The first kappa shape index (κ1) is 20.5. The van der Waals surface area contributed by atoms with Crippen LogP contribution in [0.15, 0.2) is 45.9 Å². The van der Waals surface area contributed by atoms with Gasteiger partial charge in [0.1, 0.15) is 11.8 Å². The van der Waals surface area contributed by atoms with E-state index in [2.05, 4.69) is 10.0 Å². The van der Waals surface area contributed by atoms with Gasteiger partial charge in [-0.3, -0.25) is 4.79 Å². The predicted octanol–water partition coefficient (Wildman–Crippen LogP) is 2.61. The van der Waals surface area contributed by atoms with E-state index >= 15 is 0 Å². The lowest BCUT2D eigenvalue weighted by molar-refractivity contribution is -0.123. The van der Waals surface area contributed by atoms with E-state index in [1.807, 2.05) is 19.2 Å². The van der Waals surface area contributed by atoms with Gasteiger partial charge in [-0.15, -0.1) is 0 Å². The van der Waals surface area contributed by atoms with Crippen molar-refractivity contribution >= 4 is 27.7 Å². The van der Waals surface area contributed by atoms with Crippen LogP contribution in [0.5, 0.6) is 0 Å². The van der Waals surface area contributed by atoms with Gasteiger partial charge < -0.3 is 9.73 Å². The molecule has 8 heteroatoms. The summed E-state index contributed by atoms with van der Waals surface area (Å²) in [6.07, 6.45) is 3.84. The van der Waals surface area contributed by atoms with Gasteiger partial charge >= 0.3 is 0 Å². The molecule has 2 aromatic rings. The van der Waals surface area contributed by atoms with Crippen LogP contribution in [-0.4, -0.2) is 32.4 Å². The number of amides is 1. The minimum absolute atomic E-state index is 0.200. The molecular weight excluding hydrogens is 372 g/mol. The fourth-order valence-electron chi connectivity index (χ4n) is 2.44. The number of rotatable bonds is 9. The molecule has 0 aliphatic rings. The molecule has 0 radical (unpaired) electrons. The van der Waals surface area contributed by atoms with Crippen molar-refractivity contribution in [2.24, 2.45) is 0 Å². The number of benzene rings is 1. The minimum atomic E-state index is -3.80. The second-order valence-corrected chi connectivity index (χ2v) is 8.69. The number of hydrogen-bond donors (Lipinski definition) is 2. The number of aryl methyl sites for hydroxylation is 2. The van der Waals surface area contributed by atoms with Gasteiger partial charge in [-0.2, -0.15) is 16.5 Å². The van der Waals surface area contributed by atoms with Crippen LogP contribution < -0.4 is 10.0 Å². The van der Waals surface area contributed by atoms with Crippen LogP contribution >= 0.6 is 11.8 Å². The number of sulfonamides is 1. The number of thioether (sulfide) groups is 1. The van der Waals surface area contributed by atoms with Crippen molar-refractivity contribution in [2.45, 2.75) is 37.8 Å². The lowest BCUT2D eigenvalue weighted by atomic mass is 10.2. The van der Waals surface area contributed by atoms with Crippen molar-refractivity contribution in [1.29, 1.82) is 0 Å². The molecule has 1 heterocycles. The normalized spacial score (nSPS) is 12.7. The van der Waals surface area contributed by atoms with Crippen LogP contribution in [0.4, 0.5) is 0 Å². The SMILES string of the molecule is CSCC[C@H](NS(=O)(=O)c1cc(C)ccc1C)C(=O)NCc1ccco1. The Balaban J connectivity index is 2.14. The van der Waals surface area contributed by atoms with Gasteiger partial charge in [0.25, 0.3) is 0 Å². The van der Waals surface area contributed by atoms with Crippen LogP contribution in [0, 0.1) is 13.8 Å². The number of nitrogens with one attached hydrogen (secondary N) is 2. The molecule has 2 N–H and O–H groups in total. The Labute approximate surface area is 158 Å². The molecule has 0 aliphatic carbocycles. The summed E-state index contributed by atoms with van der Waals surface area (Å²) in [5, 5.41) is 2.73. The lowest BCUT2D eigenvalue weighted by Crippen LogP contribution is -2.46. The van der Waals surface area contributed by atoms with E-state index in [0.717, 1.165) is 5.56 Å². The fourth-order valence-corrected chi connectivity index (χ4v) is 4.47. The molecule has 142 valence electrons. The highest BCUT2D eigenvalue weighted by Crippen LogP contribution is 2.18. The highest BCUT2D eigenvalue weighted by atomic mass is 32.2. The van der Waals surface area contributed by atoms with E-state index in [-0.39, 0.29) is 17.3 Å². The first-order chi connectivity index (χ1) is 12.3. The molecule has 0 aliphatic heterocycles. The largest absolute Gasteiger partial charge is 0.467 e. The molecule has 1 aromatic heterocycles. The molecule has 0 saturated heterocycles. The number of furan rings is 1. The van der Waals surface area contributed by atoms with Gasteiger partial charge in [-0.25, -0.2) is 8.42 Å². The molecule has 0 bridgehead atoms. The summed E-state index contributed by atoms with van der Waals surface area (Å²) in [5.74, 6) is 0.900. The van der Waals surface area contributed by atoms with Gasteiger partial charge in [0.15, 0.2) is 0 Å². The summed E-state index contributed by atoms with van der Waals surface area (Å²) < 4.78 is 33.3. The molecule has 0 spiro atoms. The third-order valence-corrected chi connectivity index (χ3v) is 6.13. The molecule has 0 saturated carbocycles. The van der Waals surface area contributed by atoms with Crippen molar-refractivity contribution in [3.63, 3.8) is 0 Å². The molecule has 0 fully saturated rings. The molecule has 1 atom stereocenters. The van der Waals surface area contributed by atoms with Gasteiger partial charge in [0, 0.05) is 0 Å². The minimum Gasteiger partial charge on any atom is -0.467 e. The zero-order valence-corrected chi connectivity index (χ0v) is 16.7. The van der Waals surface area contributed by atoms with Gasteiger partial charge in [0.2, 0.25) is 15.9 Å². The van der Waals surface area contributed by atoms with Crippen molar-refractivity contribution in [3.05, 3.63) is 53.5 Å². The molecule has 1 amide bonds. The number of hydrogen-bond acceptors (Lipinski definition) is 5. The summed E-state index contributed by atoms with van der Waals surface area (Å²) >= 11 is 1.56. The zero-order valence-electron chi connectivity index (χ0n) is 15.1. The molecule has 26 heavy (non-hydrogen) atoms. The van der Waals surface area contributed by atoms with Crippen molar-refractivity contribution < 1.29 is 17.6 Å². The second kappa shape index (κ2) is 9.25. The third kappa shape index (κ3) is 5.62. The first-order valence-electron chi connectivity index (χ1n) is 8.22. The molecule has 6 nitrogen and oxygen atoms in total. The van der Waals surface area contributed by atoms with Crippen LogP contribution in [0.1, 0.15) is 23.3 Å². The summed E-state index contributed by atoms with van der Waals surface area (Å²) in [6.45, 7) is 3.79. The van der Waals surface area contributed by atoms with Crippen LogP contribution in [0.25, 0.3) is 0 Å². The average molecular weight is 397 g/mol. The zero-order chi connectivity index (χ0) is 19.2. The maximum absolute atomic E-state index is 12.8. The van der Waals surface area contributed by atoms with Gasteiger partial charge in [0.05, 0.1) is 17.7 Å². The summed E-state index contributed by atoms with van der Waals surface area (Å²) in [4.78, 5) is 12.7. The summed E-state index contributed by atoms with van der Waals surface area (Å²) in [6, 6.07) is 7.87. The van der Waals surface area contributed by atoms with E-state index < -0.39 is 16.1 Å². The standard InChI is InChI=1S/C18H24N2O4S2/c1-13-6-7-14(2)17(11-13)26(22,23)20-16(8-10-25-3)18(21)19-12-15-5-4-9-24-15/h4-7,9,11,16,20H,8,10,12H2,1-3H3,(H,19,21)/t16-/m0/s1. The van der Waals surface area contributed by atoms with E-state index in [0.29, 0.717) is 23.5 Å². The lowest BCUT2D eigenvalue weighted by Gasteiger charge is -2.19. The highest BCUT2D eigenvalue weighted by molar-refractivity contribution is 7.98. The van der Waals surface area contributed by atoms with E-state index in [1.165, 1.54) is 6.26 Å². The fraction of sp³-hybridized carbons (Fsp3) is 0.389. The maximum atomic E-state index is 12.8. The molecule has 2 rings (SSSR count). The molecular formula is C18H24N2O4S2. The molecule has 1 aromatic carbocycles. The smallest absolute Gasteiger partial charge is 0.241 e. The van der Waals surface area contributed by atoms with Gasteiger partial charge in [-0.1, -0.05) is 12.1 Å². The van der Waals surface area contributed by atoms with Gasteiger partial charge in [-0.05, 0) is 61.6 Å².